The minimum absolute atomic E-state index is 0.345. The Hall–Kier alpha value is -1.64. The average Bonchev–Trinajstić information content (AvgIpc) is 2.66. The Bertz CT molecular complexity index is 578. The first-order valence-corrected chi connectivity index (χ1v) is 5.21. The fourth-order valence-electron chi connectivity index (χ4n) is 2.01. The molecule has 0 radical (unpaired) electrons. The monoisotopic (exact) mass is 199 g/mol. The molecule has 3 nitrogen and oxygen atoms in total. The molecule has 1 aromatic heterocycles. The van der Waals surface area contributed by atoms with E-state index in [9.17, 15) is 0 Å². The van der Waals surface area contributed by atoms with Crippen LogP contribution in [0.2, 0.25) is 0 Å². The number of hydrogen-bond acceptors (Lipinski definition) is 2. The van der Waals surface area contributed by atoms with Crippen LogP contribution in [0, 0.1) is 6.92 Å². The first-order valence-electron chi connectivity index (χ1n) is 5.21. The second kappa shape index (κ2) is 2.69. The second-order valence-corrected chi connectivity index (χ2v) is 4.24. The Balaban J connectivity index is 2.37. The van der Waals surface area contributed by atoms with Gasteiger partial charge in [-0.25, -0.2) is 9.66 Å². The zero-order chi connectivity index (χ0) is 10.6. The molecule has 0 amide bonds. The van der Waals surface area contributed by atoms with Gasteiger partial charge in [0.2, 0.25) is 0 Å². The number of aromatic nitrogens is 2. The Morgan fingerprint density at radius 3 is 2.87 bits per heavy atom. The zero-order valence-corrected chi connectivity index (χ0v) is 9.15. The molecule has 15 heavy (non-hydrogen) atoms. The van der Waals surface area contributed by atoms with Crippen LogP contribution in [0.5, 0.6) is 0 Å². The van der Waals surface area contributed by atoms with E-state index < -0.39 is 0 Å². The summed E-state index contributed by atoms with van der Waals surface area (Å²) in [6.07, 6.45) is 0. The van der Waals surface area contributed by atoms with Gasteiger partial charge in [-0.3, -0.25) is 0 Å². The third kappa shape index (κ3) is 1.06. The highest BCUT2D eigenvalue weighted by atomic mass is 15.4. The number of rotatable bonds is 0. The maximum Gasteiger partial charge on any atom is 0.139 e. The molecule has 3 rings (SSSR count). The maximum absolute atomic E-state index is 4.63. The fraction of sp³-hybridized carbons (Fsp3) is 0.333. The van der Waals surface area contributed by atoms with Gasteiger partial charge in [-0.1, -0.05) is 6.07 Å². The molecule has 0 fully saturated rings. The number of benzene rings is 1. The summed E-state index contributed by atoms with van der Waals surface area (Å²) >= 11 is 0. The van der Waals surface area contributed by atoms with E-state index in [4.69, 9.17) is 0 Å². The van der Waals surface area contributed by atoms with E-state index in [2.05, 4.69) is 49.1 Å². The van der Waals surface area contributed by atoms with Gasteiger partial charge in [0.1, 0.15) is 5.82 Å². The van der Waals surface area contributed by atoms with Gasteiger partial charge in [-0.15, -0.1) is 0 Å². The van der Waals surface area contributed by atoms with Crippen molar-refractivity contribution < 1.29 is 0 Å². The van der Waals surface area contributed by atoms with Gasteiger partial charge in [0, 0.05) is 5.71 Å². The molecule has 0 bridgehead atoms. The molecule has 1 aliphatic heterocycles. The largest absolute Gasteiger partial charge is 0.231 e. The highest BCUT2D eigenvalue weighted by molar-refractivity contribution is 5.92. The summed E-state index contributed by atoms with van der Waals surface area (Å²) in [4.78, 5) is 4.63. The summed E-state index contributed by atoms with van der Waals surface area (Å²) in [5.74, 6) is 1.41. The van der Waals surface area contributed by atoms with Crippen LogP contribution in [0.1, 0.15) is 31.2 Å². The molecule has 0 saturated carbocycles. The van der Waals surface area contributed by atoms with Crippen molar-refractivity contribution in [3.05, 3.63) is 29.6 Å². The molecule has 0 saturated heterocycles. The van der Waals surface area contributed by atoms with Gasteiger partial charge >= 0.3 is 0 Å². The number of fused-ring (bicyclic) bond motifs is 3. The van der Waals surface area contributed by atoms with Crippen molar-refractivity contribution in [2.24, 2.45) is 5.10 Å². The minimum Gasteiger partial charge on any atom is -0.231 e. The number of nitrogens with zero attached hydrogens (tertiary/aromatic N) is 3. The maximum atomic E-state index is 4.63. The fourth-order valence-corrected chi connectivity index (χ4v) is 2.01. The van der Waals surface area contributed by atoms with Gasteiger partial charge in [-0.2, -0.15) is 5.10 Å². The summed E-state index contributed by atoms with van der Waals surface area (Å²) in [6.45, 7) is 6.29. The van der Waals surface area contributed by atoms with Crippen LogP contribution in [-0.4, -0.2) is 15.4 Å². The summed E-state index contributed by atoms with van der Waals surface area (Å²) in [7, 11) is 0. The van der Waals surface area contributed by atoms with E-state index in [0.717, 1.165) is 22.6 Å². The molecular weight excluding hydrogens is 186 g/mol. The van der Waals surface area contributed by atoms with Crippen LogP contribution in [0.15, 0.2) is 23.3 Å². The van der Waals surface area contributed by atoms with Crippen LogP contribution in [-0.2, 0) is 0 Å². The number of hydrogen-bond donors (Lipinski definition) is 0. The molecule has 0 aliphatic carbocycles. The summed E-state index contributed by atoms with van der Waals surface area (Å²) in [6, 6.07) is 6.30. The van der Waals surface area contributed by atoms with Crippen molar-refractivity contribution in [3.63, 3.8) is 0 Å². The first-order chi connectivity index (χ1) is 7.16. The Morgan fingerprint density at radius 2 is 2.07 bits per heavy atom. The molecule has 1 unspecified atom stereocenters. The summed E-state index contributed by atoms with van der Waals surface area (Å²) in [5.41, 5.74) is 4.54. The van der Waals surface area contributed by atoms with Gasteiger partial charge in [0.05, 0.1) is 17.0 Å². The van der Waals surface area contributed by atoms with Crippen molar-refractivity contribution >= 4 is 16.7 Å². The Labute approximate surface area is 88.4 Å². The molecule has 1 atom stereocenters. The van der Waals surface area contributed by atoms with E-state index >= 15 is 0 Å². The molecular formula is C12H13N3. The lowest BCUT2D eigenvalue weighted by atomic mass is 10.1. The molecule has 76 valence electrons. The molecule has 0 spiro atoms. The molecule has 1 aromatic carbocycles. The van der Waals surface area contributed by atoms with Crippen LogP contribution >= 0.6 is 0 Å². The van der Waals surface area contributed by atoms with Crippen molar-refractivity contribution in [1.82, 2.24) is 9.66 Å². The van der Waals surface area contributed by atoms with Crippen molar-refractivity contribution in [3.8, 4) is 0 Å². The van der Waals surface area contributed by atoms with E-state index in [1.165, 1.54) is 5.56 Å². The van der Waals surface area contributed by atoms with Crippen molar-refractivity contribution in [1.29, 1.82) is 0 Å². The lowest BCUT2D eigenvalue weighted by molar-refractivity contribution is 0.841. The van der Waals surface area contributed by atoms with Crippen molar-refractivity contribution in [2.75, 3.05) is 0 Å². The third-order valence-electron chi connectivity index (χ3n) is 3.08. The van der Waals surface area contributed by atoms with E-state index in [1.54, 1.807) is 0 Å². The normalized spacial score (nSPS) is 19.4. The van der Waals surface area contributed by atoms with Gasteiger partial charge in [0.25, 0.3) is 0 Å². The summed E-state index contributed by atoms with van der Waals surface area (Å²) < 4.78 is 1.97. The van der Waals surface area contributed by atoms with E-state index in [-0.39, 0.29) is 0 Å². The molecule has 2 aromatic rings. The lowest BCUT2D eigenvalue weighted by Gasteiger charge is -1.97. The van der Waals surface area contributed by atoms with Crippen LogP contribution in [0.4, 0.5) is 0 Å². The second-order valence-electron chi connectivity index (χ2n) is 4.24. The van der Waals surface area contributed by atoms with Gasteiger partial charge in [0.15, 0.2) is 0 Å². The average molecular weight is 199 g/mol. The van der Waals surface area contributed by atoms with E-state index in [0.29, 0.717) is 5.92 Å². The Morgan fingerprint density at radius 1 is 1.27 bits per heavy atom. The number of imidazole rings is 1. The minimum atomic E-state index is 0.345. The quantitative estimate of drug-likeness (QED) is 0.641. The molecule has 3 heteroatoms. The topological polar surface area (TPSA) is 30.2 Å². The summed E-state index contributed by atoms with van der Waals surface area (Å²) in [5, 5.41) is 4.52. The zero-order valence-electron chi connectivity index (χ0n) is 9.15. The van der Waals surface area contributed by atoms with Crippen LogP contribution in [0.3, 0.4) is 0 Å². The lowest BCUT2D eigenvalue weighted by Crippen LogP contribution is -1.99. The predicted octanol–water partition coefficient (Wildman–Crippen LogP) is 2.69. The number of aryl methyl sites for hydroxylation is 1. The standard InChI is InChI=1S/C12H13N3/c1-7-4-5-11-10(6-7)13-12-8(2)9(3)14-15(11)12/h4-6,8H,1-3H3. The third-order valence-corrected chi connectivity index (χ3v) is 3.08. The molecule has 1 aliphatic rings. The SMILES string of the molecule is CC1=Nn2c(nc3cc(C)ccc32)C1C. The van der Waals surface area contributed by atoms with E-state index in [1.807, 2.05) is 4.68 Å². The van der Waals surface area contributed by atoms with Crippen LogP contribution < -0.4 is 0 Å². The van der Waals surface area contributed by atoms with Crippen LogP contribution in [0.25, 0.3) is 11.0 Å². The Kier molecular flexibility index (Phi) is 1.55. The first kappa shape index (κ1) is 8.65. The molecule has 0 N–H and O–H groups in total. The van der Waals surface area contributed by atoms with Crippen molar-refractivity contribution in [2.45, 2.75) is 26.7 Å². The molecule has 2 heterocycles. The van der Waals surface area contributed by atoms with Gasteiger partial charge in [-0.05, 0) is 38.5 Å². The smallest absolute Gasteiger partial charge is 0.139 e. The highest BCUT2D eigenvalue weighted by Crippen LogP contribution is 2.28. The highest BCUT2D eigenvalue weighted by Gasteiger charge is 2.24. The van der Waals surface area contributed by atoms with Gasteiger partial charge < -0.3 is 0 Å². The predicted molar refractivity (Wildman–Crippen MR) is 61.4 cm³/mol.